The molecule has 5 nitrogen and oxygen atoms in total. The van der Waals surface area contributed by atoms with Crippen molar-refractivity contribution in [2.75, 3.05) is 40.9 Å². The van der Waals surface area contributed by atoms with Crippen molar-refractivity contribution >= 4 is 0 Å². The van der Waals surface area contributed by atoms with Crippen LogP contribution in [0.4, 0.5) is 0 Å². The standard InChI is InChI=1S/C22H35N3O2/c1-5-10-18(15-21(23-2)25-13-7-6-8-14-25)16-24-17-19-11-9-12-20(26-3)22(19)27-4/h9-12,15,23-24H,5-8,13-14,16-17H2,1-4H3/b18-10+,21-15+. The van der Waals surface area contributed by atoms with Crippen molar-refractivity contribution in [2.45, 2.75) is 39.2 Å². The average molecular weight is 374 g/mol. The summed E-state index contributed by atoms with van der Waals surface area (Å²) >= 11 is 0. The zero-order valence-electron chi connectivity index (χ0n) is 17.3. The Bertz CT molecular complexity index is 634. The number of benzene rings is 1. The van der Waals surface area contributed by atoms with Gasteiger partial charge in [0.15, 0.2) is 11.5 Å². The van der Waals surface area contributed by atoms with Crippen molar-refractivity contribution in [1.82, 2.24) is 15.5 Å². The van der Waals surface area contributed by atoms with Gasteiger partial charge < -0.3 is 25.0 Å². The number of nitrogens with one attached hydrogen (secondary N) is 2. The molecule has 0 spiro atoms. The molecule has 0 amide bonds. The minimum Gasteiger partial charge on any atom is -0.493 e. The third-order valence-electron chi connectivity index (χ3n) is 4.87. The van der Waals surface area contributed by atoms with Gasteiger partial charge in [0, 0.05) is 38.8 Å². The van der Waals surface area contributed by atoms with E-state index in [2.05, 4.69) is 40.7 Å². The summed E-state index contributed by atoms with van der Waals surface area (Å²) in [7, 11) is 5.37. The highest BCUT2D eigenvalue weighted by Crippen LogP contribution is 2.30. The van der Waals surface area contributed by atoms with Gasteiger partial charge in [-0.25, -0.2) is 0 Å². The van der Waals surface area contributed by atoms with Crippen LogP contribution in [0.25, 0.3) is 0 Å². The van der Waals surface area contributed by atoms with E-state index in [1.807, 2.05) is 19.2 Å². The molecule has 1 aromatic rings. The first-order chi connectivity index (χ1) is 13.2. The second kappa shape index (κ2) is 11.5. The van der Waals surface area contributed by atoms with Crippen molar-refractivity contribution in [2.24, 2.45) is 0 Å². The van der Waals surface area contributed by atoms with Crippen LogP contribution in [-0.4, -0.2) is 45.8 Å². The molecule has 0 saturated carbocycles. The predicted octanol–water partition coefficient (Wildman–Crippen LogP) is 3.68. The number of methoxy groups -OCH3 is 2. The van der Waals surface area contributed by atoms with Crippen LogP contribution in [0.15, 0.2) is 41.7 Å². The van der Waals surface area contributed by atoms with Crippen LogP contribution >= 0.6 is 0 Å². The minimum atomic E-state index is 0.730. The van der Waals surface area contributed by atoms with Gasteiger partial charge in [-0.15, -0.1) is 0 Å². The highest BCUT2D eigenvalue weighted by Gasteiger charge is 2.13. The van der Waals surface area contributed by atoms with Gasteiger partial charge in [-0.2, -0.15) is 0 Å². The molecule has 1 heterocycles. The summed E-state index contributed by atoms with van der Waals surface area (Å²) in [5.41, 5.74) is 2.40. The van der Waals surface area contributed by atoms with Crippen molar-refractivity contribution in [3.63, 3.8) is 0 Å². The van der Waals surface area contributed by atoms with Crippen LogP contribution in [-0.2, 0) is 6.54 Å². The Labute approximate surface area is 164 Å². The maximum absolute atomic E-state index is 5.53. The fourth-order valence-corrected chi connectivity index (χ4v) is 3.51. The van der Waals surface area contributed by atoms with Crippen LogP contribution in [0, 0.1) is 0 Å². The number of nitrogens with zero attached hydrogens (tertiary/aromatic N) is 1. The summed E-state index contributed by atoms with van der Waals surface area (Å²) in [6, 6.07) is 5.99. The second-order valence-corrected chi connectivity index (χ2v) is 6.77. The molecule has 0 unspecified atom stereocenters. The Morgan fingerprint density at radius 1 is 1.15 bits per heavy atom. The van der Waals surface area contributed by atoms with E-state index < -0.39 is 0 Å². The number of likely N-dealkylation sites (tertiary alicyclic amines) is 1. The monoisotopic (exact) mass is 373 g/mol. The Morgan fingerprint density at radius 3 is 2.56 bits per heavy atom. The summed E-state index contributed by atoms with van der Waals surface area (Å²) in [4.78, 5) is 2.46. The third kappa shape index (κ3) is 6.21. The molecule has 0 atom stereocenters. The number of ether oxygens (including phenoxy) is 2. The Hall–Kier alpha value is -2.14. The molecule has 150 valence electrons. The molecule has 1 aliphatic heterocycles. The quantitative estimate of drug-likeness (QED) is 0.613. The normalized spacial score (nSPS) is 15.6. The lowest BCUT2D eigenvalue weighted by atomic mass is 10.1. The molecule has 1 fully saturated rings. The molecule has 1 saturated heterocycles. The van der Waals surface area contributed by atoms with Crippen molar-refractivity contribution < 1.29 is 9.47 Å². The number of hydrogen-bond acceptors (Lipinski definition) is 5. The lowest BCUT2D eigenvalue weighted by molar-refractivity contribution is 0.271. The van der Waals surface area contributed by atoms with Gasteiger partial charge in [0.2, 0.25) is 0 Å². The van der Waals surface area contributed by atoms with Gasteiger partial charge in [0.1, 0.15) is 5.82 Å². The molecule has 2 N–H and O–H groups in total. The topological polar surface area (TPSA) is 45.8 Å². The van der Waals surface area contributed by atoms with Crippen LogP contribution in [0.3, 0.4) is 0 Å². The van der Waals surface area contributed by atoms with Gasteiger partial charge in [0.25, 0.3) is 0 Å². The van der Waals surface area contributed by atoms with Crippen molar-refractivity contribution in [3.05, 3.63) is 47.3 Å². The predicted molar refractivity (Wildman–Crippen MR) is 112 cm³/mol. The minimum absolute atomic E-state index is 0.730. The summed E-state index contributed by atoms with van der Waals surface area (Å²) < 4.78 is 10.9. The first-order valence-electron chi connectivity index (χ1n) is 9.97. The van der Waals surface area contributed by atoms with Gasteiger partial charge in [-0.1, -0.05) is 25.1 Å². The molecule has 1 aliphatic rings. The van der Waals surface area contributed by atoms with Gasteiger partial charge in [-0.3, -0.25) is 0 Å². The highest BCUT2D eigenvalue weighted by atomic mass is 16.5. The number of rotatable bonds is 10. The fraction of sp³-hybridized carbons (Fsp3) is 0.545. The molecule has 0 radical (unpaired) electrons. The Balaban J connectivity index is 2.02. The SMILES string of the molecule is CC/C=C(\C=C(/NC)N1CCCCC1)CNCc1cccc(OC)c1OC. The molecular weight excluding hydrogens is 338 g/mol. The molecule has 5 heteroatoms. The fourth-order valence-electron chi connectivity index (χ4n) is 3.51. The van der Waals surface area contributed by atoms with E-state index >= 15 is 0 Å². The lowest BCUT2D eigenvalue weighted by Crippen LogP contribution is -2.34. The van der Waals surface area contributed by atoms with Gasteiger partial charge in [0.05, 0.1) is 14.2 Å². The summed E-state index contributed by atoms with van der Waals surface area (Å²) in [5, 5.41) is 6.93. The van der Waals surface area contributed by atoms with Crippen molar-refractivity contribution in [1.29, 1.82) is 0 Å². The summed E-state index contributed by atoms with van der Waals surface area (Å²) in [6.45, 7) is 6.00. The summed E-state index contributed by atoms with van der Waals surface area (Å²) in [6.07, 6.45) is 9.49. The highest BCUT2D eigenvalue weighted by molar-refractivity contribution is 5.46. The van der Waals surface area contributed by atoms with E-state index in [1.165, 1.54) is 30.7 Å². The molecule has 0 bridgehead atoms. The molecule has 0 aliphatic carbocycles. The number of piperidine rings is 1. The molecule has 1 aromatic carbocycles. The zero-order chi connectivity index (χ0) is 19.5. The van der Waals surface area contributed by atoms with Crippen LogP contribution in [0.1, 0.15) is 38.2 Å². The van der Waals surface area contributed by atoms with E-state index in [0.717, 1.165) is 49.7 Å². The smallest absolute Gasteiger partial charge is 0.165 e. The van der Waals surface area contributed by atoms with E-state index in [0.29, 0.717) is 0 Å². The Morgan fingerprint density at radius 2 is 1.93 bits per heavy atom. The Kier molecular flexibility index (Phi) is 9.05. The van der Waals surface area contributed by atoms with Crippen LogP contribution < -0.4 is 20.1 Å². The van der Waals surface area contributed by atoms with Gasteiger partial charge >= 0.3 is 0 Å². The van der Waals surface area contributed by atoms with E-state index in [-0.39, 0.29) is 0 Å². The first-order valence-corrected chi connectivity index (χ1v) is 9.97. The lowest BCUT2D eigenvalue weighted by Gasteiger charge is -2.31. The maximum atomic E-state index is 5.53. The molecule has 27 heavy (non-hydrogen) atoms. The zero-order valence-corrected chi connectivity index (χ0v) is 17.3. The average Bonchev–Trinajstić information content (AvgIpc) is 2.72. The van der Waals surface area contributed by atoms with E-state index in [4.69, 9.17) is 9.47 Å². The van der Waals surface area contributed by atoms with Crippen LogP contribution in [0.2, 0.25) is 0 Å². The number of hydrogen-bond donors (Lipinski definition) is 2. The van der Waals surface area contributed by atoms with Crippen LogP contribution in [0.5, 0.6) is 11.5 Å². The van der Waals surface area contributed by atoms with Gasteiger partial charge in [-0.05, 0) is 43.4 Å². The summed E-state index contributed by atoms with van der Waals surface area (Å²) in [5.74, 6) is 2.78. The van der Waals surface area contributed by atoms with Crippen molar-refractivity contribution in [3.8, 4) is 11.5 Å². The molecule has 2 rings (SSSR count). The molecular formula is C22H35N3O2. The third-order valence-corrected chi connectivity index (χ3v) is 4.87. The number of para-hydroxylation sites is 1. The largest absolute Gasteiger partial charge is 0.493 e. The maximum Gasteiger partial charge on any atom is 0.165 e. The molecule has 0 aromatic heterocycles. The first kappa shape index (κ1) is 21.2. The second-order valence-electron chi connectivity index (χ2n) is 6.77. The number of allylic oxidation sites excluding steroid dienone is 1. The van der Waals surface area contributed by atoms with E-state index in [9.17, 15) is 0 Å². The van der Waals surface area contributed by atoms with E-state index in [1.54, 1.807) is 14.2 Å².